The molecule has 0 aliphatic rings. The summed E-state index contributed by atoms with van der Waals surface area (Å²) in [4.78, 5) is 8.73. The Morgan fingerprint density at radius 1 is 1.25 bits per heavy atom. The molecule has 4 rings (SSSR count). The van der Waals surface area contributed by atoms with Crippen LogP contribution in [0.2, 0.25) is 0 Å². The van der Waals surface area contributed by atoms with E-state index in [1.807, 2.05) is 41.7 Å². The number of nitrogens with zero attached hydrogens (tertiary/aromatic N) is 4. The number of aromatic nitrogens is 3. The van der Waals surface area contributed by atoms with Crippen molar-refractivity contribution in [2.24, 2.45) is 0 Å². The topological polar surface area (TPSA) is 75.2 Å². The minimum absolute atomic E-state index is 0.0101. The predicted molar refractivity (Wildman–Crippen MR) is 100 cm³/mol. The van der Waals surface area contributed by atoms with Crippen molar-refractivity contribution in [2.75, 3.05) is 5.32 Å². The molecule has 0 atom stereocenters. The lowest BCUT2D eigenvalue weighted by Gasteiger charge is -2.12. The number of para-hydroxylation sites is 2. The molecule has 1 aromatic carbocycles. The lowest BCUT2D eigenvalue weighted by molar-refractivity contribution is -0.0500. The quantitative estimate of drug-likeness (QED) is 0.560. The molecule has 0 saturated heterocycles. The molecule has 28 heavy (non-hydrogen) atoms. The molecule has 0 saturated carbocycles. The number of nitrogens with one attached hydrogen (secondary N) is 1. The molecule has 3 aromatic heterocycles. The summed E-state index contributed by atoms with van der Waals surface area (Å²) in [6.07, 6.45) is 1.26. The van der Waals surface area contributed by atoms with E-state index in [-0.39, 0.29) is 5.75 Å². The normalized spacial score (nSPS) is 11.1. The number of fused-ring (bicyclic) bond motifs is 3. The molecule has 4 aromatic rings. The molecular formula is C20H15F2N5O. The zero-order valence-electron chi connectivity index (χ0n) is 14.9. The van der Waals surface area contributed by atoms with Crippen LogP contribution in [0.15, 0.2) is 48.7 Å². The van der Waals surface area contributed by atoms with Crippen LogP contribution >= 0.6 is 0 Å². The number of nitriles is 1. The van der Waals surface area contributed by atoms with Crippen LogP contribution in [-0.4, -0.2) is 21.0 Å². The standard InChI is InChI=1S/C20H15F2N5O/c1-12-8-18(25-10-13-6-7-14(11-24-13)28-20(21)22)27-17-5-3-2-4-16(17)26-19(27)15(12)9-23/h2-8,11,20,25H,10H2,1H3. The summed E-state index contributed by atoms with van der Waals surface area (Å²) in [5.41, 5.74) is 4.24. The Bertz CT molecular complexity index is 1200. The molecular weight excluding hydrogens is 364 g/mol. The molecule has 3 heterocycles. The number of ether oxygens (including phenoxy) is 1. The molecule has 6 nitrogen and oxygen atoms in total. The molecule has 0 aliphatic heterocycles. The summed E-state index contributed by atoms with van der Waals surface area (Å²) < 4.78 is 30.7. The largest absolute Gasteiger partial charge is 0.433 e. The van der Waals surface area contributed by atoms with Crippen molar-refractivity contribution in [3.63, 3.8) is 0 Å². The van der Waals surface area contributed by atoms with Gasteiger partial charge in [-0.25, -0.2) is 4.98 Å². The van der Waals surface area contributed by atoms with Crippen LogP contribution in [0.25, 0.3) is 16.7 Å². The second kappa shape index (κ2) is 7.12. The van der Waals surface area contributed by atoms with Crippen molar-refractivity contribution in [1.29, 1.82) is 5.26 Å². The van der Waals surface area contributed by atoms with Gasteiger partial charge in [0.1, 0.15) is 17.6 Å². The van der Waals surface area contributed by atoms with Crippen molar-refractivity contribution >= 4 is 22.5 Å². The maximum Gasteiger partial charge on any atom is 0.387 e. The molecule has 0 unspecified atom stereocenters. The van der Waals surface area contributed by atoms with Crippen LogP contribution in [0.3, 0.4) is 0 Å². The van der Waals surface area contributed by atoms with Crippen LogP contribution in [0.5, 0.6) is 5.75 Å². The lowest BCUT2D eigenvalue weighted by Crippen LogP contribution is -2.08. The number of imidazole rings is 1. The minimum atomic E-state index is -2.88. The summed E-state index contributed by atoms with van der Waals surface area (Å²) >= 11 is 0. The monoisotopic (exact) mass is 379 g/mol. The van der Waals surface area contributed by atoms with Crippen LogP contribution < -0.4 is 10.1 Å². The number of hydrogen-bond donors (Lipinski definition) is 1. The van der Waals surface area contributed by atoms with Gasteiger partial charge in [0.25, 0.3) is 0 Å². The molecule has 140 valence electrons. The number of hydrogen-bond acceptors (Lipinski definition) is 5. The number of pyridine rings is 2. The maximum atomic E-state index is 12.2. The number of alkyl halides is 2. The van der Waals surface area contributed by atoms with Crippen molar-refractivity contribution < 1.29 is 13.5 Å². The van der Waals surface area contributed by atoms with Crippen molar-refractivity contribution in [3.8, 4) is 11.8 Å². The lowest BCUT2D eigenvalue weighted by atomic mass is 10.1. The zero-order chi connectivity index (χ0) is 19.7. The van der Waals surface area contributed by atoms with Gasteiger partial charge in [-0.2, -0.15) is 14.0 Å². The van der Waals surface area contributed by atoms with Gasteiger partial charge in [-0.3, -0.25) is 9.38 Å². The third kappa shape index (κ3) is 3.18. The fourth-order valence-corrected chi connectivity index (χ4v) is 3.09. The Kier molecular flexibility index (Phi) is 4.49. The van der Waals surface area contributed by atoms with Crippen molar-refractivity contribution in [2.45, 2.75) is 20.1 Å². The van der Waals surface area contributed by atoms with Crippen molar-refractivity contribution in [1.82, 2.24) is 14.4 Å². The molecule has 8 heteroatoms. The summed E-state index contributed by atoms with van der Waals surface area (Å²) in [7, 11) is 0. The molecule has 0 fully saturated rings. The molecule has 1 N–H and O–H groups in total. The van der Waals surface area contributed by atoms with Gasteiger partial charge in [0.05, 0.1) is 35.0 Å². The molecule has 0 radical (unpaired) electrons. The average molecular weight is 379 g/mol. The molecule has 0 bridgehead atoms. The van der Waals surface area contributed by atoms with E-state index in [0.29, 0.717) is 23.4 Å². The molecule has 0 aliphatic carbocycles. The molecule has 0 amide bonds. The first-order valence-corrected chi connectivity index (χ1v) is 8.51. The first-order valence-electron chi connectivity index (χ1n) is 8.51. The summed E-state index contributed by atoms with van der Waals surface area (Å²) in [5, 5.41) is 12.8. The fraction of sp³-hybridized carbons (Fsp3) is 0.150. The smallest absolute Gasteiger partial charge is 0.387 e. The van der Waals surface area contributed by atoms with Gasteiger partial charge in [-0.05, 0) is 42.8 Å². The van der Waals surface area contributed by atoms with Crippen molar-refractivity contribution in [3.05, 3.63) is 65.5 Å². The first kappa shape index (κ1) is 17.7. The number of anilines is 1. The van der Waals surface area contributed by atoms with Crippen LogP contribution in [0, 0.1) is 18.3 Å². The summed E-state index contributed by atoms with van der Waals surface area (Å²) in [6.45, 7) is -0.658. The second-order valence-corrected chi connectivity index (χ2v) is 6.18. The predicted octanol–water partition coefficient (Wildman–Crippen LogP) is 4.28. The highest BCUT2D eigenvalue weighted by Gasteiger charge is 2.15. The summed E-state index contributed by atoms with van der Waals surface area (Å²) in [6, 6.07) is 14.8. The Balaban J connectivity index is 1.70. The van der Waals surface area contributed by atoms with E-state index in [4.69, 9.17) is 0 Å². The number of rotatable bonds is 5. The highest BCUT2D eigenvalue weighted by Crippen LogP contribution is 2.26. The first-order chi connectivity index (χ1) is 13.6. The van der Waals surface area contributed by atoms with Gasteiger partial charge in [-0.15, -0.1) is 0 Å². The molecule has 0 spiro atoms. The Morgan fingerprint density at radius 3 is 2.79 bits per heavy atom. The highest BCUT2D eigenvalue weighted by atomic mass is 19.3. The Labute approximate surface area is 159 Å². The van der Waals surface area contributed by atoms with E-state index in [0.717, 1.165) is 22.4 Å². The van der Waals surface area contributed by atoms with E-state index in [1.165, 1.54) is 12.3 Å². The van der Waals surface area contributed by atoms with Gasteiger partial charge >= 0.3 is 6.61 Å². The SMILES string of the molecule is Cc1cc(NCc2ccc(OC(F)F)cn2)n2c(nc3ccccc32)c1C#N. The summed E-state index contributed by atoms with van der Waals surface area (Å²) in [5.74, 6) is 0.769. The van der Waals surface area contributed by atoms with Gasteiger partial charge in [-0.1, -0.05) is 12.1 Å². The Morgan fingerprint density at radius 2 is 2.07 bits per heavy atom. The Hall–Kier alpha value is -3.73. The van der Waals surface area contributed by atoms with Crippen LogP contribution in [0.4, 0.5) is 14.6 Å². The second-order valence-electron chi connectivity index (χ2n) is 6.18. The minimum Gasteiger partial charge on any atom is -0.433 e. The number of benzene rings is 1. The van der Waals surface area contributed by atoms with Crippen LogP contribution in [-0.2, 0) is 6.54 Å². The average Bonchev–Trinajstić information content (AvgIpc) is 3.06. The fourth-order valence-electron chi connectivity index (χ4n) is 3.09. The van der Waals surface area contributed by atoms with E-state index in [2.05, 4.69) is 26.1 Å². The van der Waals surface area contributed by atoms with E-state index < -0.39 is 6.61 Å². The van der Waals surface area contributed by atoms with Gasteiger partial charge < -0.3 is 10.1 Å². The third-order valence-electron chi connectivity index (χ3n) is 4.36. The van der Waals surface area contributed by atoms with Gasteiger partial charge in [0, 0.05) is 0 Å². The van der Waals surface area contributed by atoms with E-state index in [1.54, 1.807) is 6.07 Å². The highest BCUT2D eigenvalue weighted by molar-refractivity contribution is 5.85. The van der Waals surface area contributed by atoms with Gasteiger partial charge in [0.2, 0.25) is 0 Å². The maximum absolute atomic E-state index is 12.2. The van der Waals surface area contributed by atoms with E-state index >= 15 is 0 Å². The number of aryl methyl sites for hydroxylation is 1. The van der Waals surface area contributed by atoms with E-state index in [9.17, 15) is 14.0 Å². The van der Waals surface area contributed by atoms with Gasteiger partial charge in [0.15, 0.2) is 5.65 Å². The van der Waals surface area contributed by atoms with Crippen LogP contribution in [0.1, 0.15) is 16.8 Å². The number of halogens is 2. The zero-order valence-corrected chi connectivity index (χ0v) is 14.9. The third-order valence-corrected chi connectivity index (χ3v) is 4.36.